The first-order valence-electron chi connectivity index (χ1n) is 14.3. The Balaban J connectivity index is 1.14. The smallest absolute Gasteiger partial charge is 0.240 e. The molecule has 0 aromatic carbocycles. The highest BCUT2D eigenvalue weighted by atomic mass is 16.3. The summed E-state index contributed by atoms with van der Waals surface area (Å²) in [7, 11) is 2.04. The molecular formula is C29H36N8O2. The lowest BCUT2D eigenvalue weighted by molar-refractivity contribution is -0.136. The molecule has 3 aromatic rings. The minimum atomic E-state index is -0.656. The van der Waals surface area contributed by atoms with E-state index in [1.807, 2.05) is 30.3 Å². The Morgan fingerprint density at radius 1 is 1.08 bits per heavy atom. The molecule has 4 aliphatic heterocycles. The Kier molecular flexibility index (Phi) is 6.12. The van der Waals surface area contributed by atoms with Crippen LogP contribution in [0.25, 0.3) is 10.9 Å². The van der Waals surface area contributed by atoms with Gasteiger partial charge in [-0.2, -0.15) is 0 Å². The van der Waals surface area contributed by atoms with Crippen LogP contribution in [0.1, 0.15) is 68.5 Å². The Labute approximate surface area is 228 Å². The van der Waals surface area contributed by atoms with Gasteiger partial charge in [-0.15, -0.1) is 0 Å². The fourth-order valence-corrected chi connectivity index (χ4v) is 6.98. The SMILES string of the molecule is C[C@@H](O)c1cc2cnc(Nc3ccc4c(n3)CCN(C(=O)[C@@H]3CCCN3C)C4)nc2c(N2C3CCC2CC3)n1. The van der Waals surface area contributed by atoms with E-state index < -0.39 is 6.10 Å². The molecule has 10 nitrogen and oxygen atoms in total. The molecule has 4 aliphatic rings. The Bertz CT molecular complexity index is 1410. The molecule has 7 heterocycles. The predicted octanol–water partition coefficient (Wildman–Crippen LogP) is 3.33. The normalized spacial score (nSPS) is 25.4. The highest BCUT2D eigenvalue weighted by Crippen LogP contribution is 2.42. The number of anilines is 3. The summed E-state index contributed by atoms with van der Waals surface area (Å²) in [5.74, 6) is 2.27. The van der Waals surface area contributed by atoms with Crippen molar-refractivity contribution in [1.29, 1.82) is 0 Å². The van der Waals surface area contributed by atoms with E-state index in [1.54, 1.807) is 6.92 Å². The molecule has 10 heteroatoms. The van der Waals surface area contributed by atoms with Crippen molar-refractivity contribution in [3.05, 3.63) is 41.3 Å². The van der Waals surface area contributed by atoms with E-state index >= 15 is 0 Å². The number of carbonyl (C=O) groups excluding carboxylic acids is 1. The summed E-state index contributed by atoms with van der Waals surface area (Å²) in [6, 6.07) is 6.88. The number of aliphatic hydroxyl groups is 1. The molecule has 7 rings (SSSR count). The minimum absolute atomic E-state index is 0.0114. The van der Waals surface area contributed by atoms with E-state index in [1.165, 1.54) is 25.7 Å². The topological polar surface area (TPSA) is 111 Å². The summed E-state index contributed by atoms with van der Waals surface area (Å²) in [5.41, 5.74) is 3.57. The van der Waals surface area contributed by atoms with Gasteiger partial charge in [0.25, 0.3) is 0 Å². The van der Waals surface area contributed by atoms with E-state index in [-0.39, 0.29) is 11.9 Å². The third-order valence-corrected chi connectivity index (χ3v) is 9.10. The van der Waals surface area contributed by atoms with Crippen LogP contribution in [0.15, 0.2) is 24.4 Å². The molecule has 0 spiro atoms. The highest BCUT2D eigenvalue weighted by molar-refractivity contribution is 5.90. The van der Waals surface area contributed by atoms with Crippen LogP contribution in [0.4, 0.5) is 17.6 Å². The number of likely N-dealkylation sites (N-methyl/N-ethyl adjacent to an activating group) is 1. The van der Waals surface area contributed by atoms with Gasteiger partial charge in [0, 0.05) is 48.9 Å². The maximum absolute atomic E-state index is 13.1. The van der Waals surface area contributed by atoms with E-state index in [0.717, 1.165) is 53.8 Å². The third-order valence-electron chi connectivity index (χ3n) is 9.10. The van der Waals surface area contributed by atoms with Crippen molar-refractivity contribution in [3.63, 3.8) is 0 Å². The maximum atomic E-state index is 13.1. The fourth-order valence-electron chi connectivity index (χ4n) is 6.98. The molecule has 3 fully saturated rings. The monoisotopic (exact) mass is 528 g/mol. The number of nitrogens with one attached hydrogen (secondary N) is 1. The van der Waals surface area contributed by atoms with Crippen LogP contribution in [0.3, 0.4) is 0 Å². The molecule has 2 N–H and O–H groups in total. The van der Waals surface area contributed by atoms with Gasteiger partial charge in [0.05, 0.1) is 17.8 Å². The lowest BCUT2D eigenvalue weighted by atomic mass is 10.0. The minimum Gasteiger partial charge on any atom is -0.387 e. The zero-order chi connectivity index (χ0) is 26.7. The Morgan fingerprint density at radius 2 is 1.87 bits per heavy atom. The molecule has 3 aromatic heterocycles. The van der Waals surface area contributed by atoms with Crippen LogP contribution in [0.2, 0.25) is 0 Å². The van der Waals surface area contributed by atoms with Crippen molar-refractivity contribution in [2.45, 2.75) is 82.6 Å². The molecule has 2 atom stereocenters. The summed E-state index contributed by atoms with van der Waals surface area (Å²) >= 11 is 0. The van der Waals surface area contributed by atoms with Crippen LogP contribution in [0, 0.1) is 0 Å². The number of nitrogens with zero attached hydrogens (tertiary/aromatic N) is 7. The average molecular weight is 529 g/mol. The summed E-state index contributed by atoms with van der Waals surface area (Å²) in [5, 5.41) is 14.5. The first-order chi connectivity index (χ1) is 18.9. The quantitative estimate of drug-likeness (QED) is 0.515. The predicted molar refractivity (Wildman–Crippen MR) is 149 cm³/mol. The van der Waals surface area contributed by atoms with Crippen molar-refractivity contribution in [2.24, 2.45) is 0 Å². The third kappa shape index (κ3) is 4.39. The van der Waals surface area contributed by atoms with Crippen LogP contribution in [-0.4, -0.2) is 79.0 Å². The summed E-state index contributed by atoms with van der Waals surface area (Å²) in [6.07, 6.45) is 8.65. The Hall–Kier alpha value is -3.37. The second-order valence-corrected chi connectivity index (χ2v) is 11.6. The van der Waals surface area contributed by atoms with Gasteiger partial charge in [0.15, 0.2) is 5.82 Å². The molecule has 0 radical (unpaired) electrons. The second kappa shape index (κ2) is 9.67. The second-order valence-electron chi connectivity index (χ2n) is 11.6. The first-order valence-corrected chi connectivity index (χ1v) is 14.3. The zero-order valence-electron chi connectivity index (χ0n) is 22.7. The van der Waals surface area contributed by atoms with Crippen molar-refractivity contribution in [2.75, 3.05) is 30.4 Å². The van der Waals surface area contributed by atoms with Gasteiger partial charge in [0.2, 0.25) is 11.9 Å². The van der Waals surface area contributed by atoms with Gasteiger partial charge in [0.1, 0.15) is 11.3 Å². The van der Waals surface area contributed by atoms with Gasteiger partial charge in [-0.05, 0) is 76.7 Å². The summed E-state index contributed by atoms with van der Waals surface area (Å²) < 4.78 is 0. The number of hydrogen-bond acceptors (Lipinski definition) is 9. The molecule has 3 saturated heterocycles. The van der Waals surface area contributed by atoms with Gasteiger partial charge in [-0.25, -0.2) is 19.9 Å². The largest absolute Gasteiger partial charge is 0.387 e. The van der Waals surface area contributed by atoms with E-state index in [4.69, 9.17) is 15.0 Å². The number of fused-ring (bicyclic) bond motifs is 4. The number of hydrogen-bond donors (Lipinski definition) is 2. The zero-order valence-corrected chi connectivity index (χ0v) is 22.7. The number of aromatic nitrogens is 4. The fraction of sp³-hybridized carbons (Fsp3) is 0.552. The van der Waals surface area contributed by atoms with Gasteiger partial charge in [-0.3, -0.25) is 9.69 Å². The van der Waals surface area contributed by atoms with Crippen LogP contribution >= 0.6 is 0 Å². The maximum Gasteiger partial charge on any atom is 0.240 e. The molecule has 0 saturated carbocycles. The standard InChI is InChI=1S/C29H36N8O2/c1-17(38)23-14-19-15-30-29(34-26(19)27(32-23)37-20-6-7-21(37)9-8-20)33-25-10-5-18-16-36(13-11-22(18)31-25)28(39)24-4-3-12-35(24)2/h5,10,14-15,17,20-21,24,38H,3-4,6-9,11-13,16H2,1-2H3,(H,30,31,33,34)/t17-,20?,21?,24+/m1/s1. The highest BCUT2D eigenvalue weighted by Gasteiger charge is 2.41. The van der Waals surface area contributed by atoms with Crippen molar-refractivity contribution < 1.29 is 9.90 Å². The van der Waals surface area contributed by atoms with E-state index in [9.17, 15) is 9.90 Å². The molecule has 2 bridgehead atoms. The first kappa shape index (κ1) is 24.7. The van der Waals surface area contributed by atoms with Crippen LogP contribution in [0.5, 0.6) is 0 Å². The number of aliphatic hydroxyl groups excluding tert-OH is 1. The van der Waals surface area contributed by atoms with Gasteiger partial charge < -0.3 is 20.2 Å². The van der Waals surface area contributed by atoms with Crippen molar-refractivity contribution in [1.82, 2.24) is 29.7 Å². The van der Waals surface area contributed by atoms with E-state index in [2.05, 4.69) is 26.2 Å². The van der Waals surface area contributed by atoms with Crippen LogP contribution in [-0.2, 0) is 17.8 Å². The van der Waals surface area contributed by atoms with E-state index in [0.29, 0.717) is 42.6 Å². The Morgan fingerprint density at radius 3 is 2.59 bits per heavy atom. The molecule has 204 valence electrons. The van der Waals surface area contributed by atoms with Gasteiger partial charge in [-0.1, -0.05) is 6.07 Å². The number of likely N-dealkylation sites (tertiary alicyclic amines) is 1. The van der Waals surface area contributed by atoms with Crippen molar-refractivity contribution >= 4 is 34.4 Å². The molecule has 1 amide bonds. The van der Waals surface area contributed by atoms with Gasteiger partial charge >= 0.3 is 0 Å². The molecular weight excluding hydrogens is 492 g/mol. The van der Waals surface area contributed by atoms with Crippen molar-refractivity contribution in [3.8, 4) is 0 Å². The summed E-state index contributed by atoms with van der Waals surface area (Å²) in [4.78, 5) is 38.9. The lowest BCUT2D eigenvalue weighted by Gasteiger charge is -2.32. The summed E-state index contributed by atoms with van der Waals surface area (Å²) in [6.45, 7) is 4.04. The molecule has 39 heavy (non-hydrogen) atoms. The number of carbonyl (C=O) groups is 1. The lowest BCUT2D eigenvalue weighted by Crippen LogP contribution is -2.46. The number of rotatable bonds is 5. The number of amides is 1. The van der Waals surface area contributed by atoms with Crippen LogP contribution < -0.4 is 10.2 Å². The average Bonchev–Trinajstić information content (AvgIpc) is 3.67. The molecule has 0 aliphatic carbocycles. The molecule has 0 unspecified atom stereocenters. The number of pyridine rings is 2.